The van der Waals surface area contributed by atoms with E-state index in [0.29, 0.717) is 17.7 Å². The third kappa shape index (κ3) is 2.14. The fraction of sp³-hybridized carbons (Fsp3) is 0.500. The number of carbonyl (C=O) groups excluding carboxylic acids is 1. The molecule has 1 aliphatic carbocycles. The maximum Gasteiger partial charge on any atom is 0.267 e. The van der Waals surface area contributed by atoms with Gasteiger partial charge in [-0.2, -0.15) is 4.98 Å². The van der Waals surface area contributed by atoms with Gasteiger partial charge >= 0.3 is 0 Å². The molecule has 6 heteroatoms. The summed E-state index contributed by atoms with van der Waals surface area (Å²) < 4.78 is 5.32. The van der Waals surface area contributed by atoms with E-state index in [0.717, 1.165) is 43.1 Å². The minimum atomic E-state index is 0.218. The first-order valence-corrected chi connectivity index (χ1v) is 7.85. The van der Waals surface area contributed by atoms with E-state index in [9.17, 15) is 4.79 Å². The van der Waals surface area contributed by atoms with E-state index in [1.165, 1.54) is 0 Å². The molecule has 2 aromatic heterocycles. The monoisotopic (exact) mass is 289 g/mol. The van der Waals surface area contributed by atoms with Crippen LogP contribution < -0.4 is 0 Å². The molecule has 0 N–H and O–H groups in total. The molecule has 0 radical (unpaired) electrons. The van der Waals surface area contributed by atoms with E-state index in [1.807, 2.05) is 22.4 Å². The third-order valence-electron chi connectivity index (χ3n) is 3.97. The quantitative estimate of drug-likeness (QED) is 0.871. The van der Waals surface area contributed by atoms with Crippen LogP contribution in [0.25, 0.3) is 10.8 Å². The van der Waals surface area contributed by atoms with Gasteiger partial charge in [-0.15, -0.1) is 11.3 Å². The topological polar surface area (TPSA) is 59.2 Å². The number of hydrogen-bond acceptors (Lipinski definition) is 5. The Bertz CT molecular complexity index is 618. The molecule has 5 nitrogen and oxygen atoms in total. The highest BCUT2D eigenvalue weighted by Crippen LogP contribution is 2.35. The average molecular weight is 289 g/mol. The smallest absolute Gasteiger partial charge is 0.267 e. The van der Waals surface area contributed by atoms with Crippen molar-refractivity contribution in [1.82, 2.24) is 15.0 Å². The van der Waals surface area contributed by atoms with Crippen LogP contribution in [0.15, 0.2) is 22.0 Å². The summed E-state index contributed by atoms with van der Waals surface area (Å²) in [6, 6.07) is 3.94. The Morgan fingerprint density at radius 1 is 1.40 bits per heavy atom. The highest BCUT2D eigenvalue weighted by Gasteiger charge is 2.38. The molecule has 2 aromatic rings. The van der Waals surface area contributed by atoms with E-state index in [-0.39, 0.29) is 5.92 Å². The summed E-state index contributed by atoms with van der Waals surface area (Å²) in [5.41, 5.74) is 0. The Morgan fingerprint density at radius 2 is 2.30 bits per heavy atom. The second-order valence-corrected chi connectivity index (χ2v) is 6.43. The standard InChI is InChI=1S/C14H15N3O2S/c18-14(9-3-4-9)17-6-5-10(8-17)12-15-13(19-16-12)11-2-1-7-20-11/h1-2,7,9-10H,3-6,8H2. The summed E-state index contributed by atoms with van der Waals surface area (Å²) in [6.45, 7) is 1.56. The summed E-state index contributed by atoms with van der Waals surface area (Å²) >= 11 is 1.59. The van der Waals surface area contributed by atoms with Crippen molar-refractivity contribution >= 4 is 17.2 Å². The summed E-state index contributed by atoms with van der Waals surface area (Å²) in [7, 11) is 0. The number of aromatic nitrogens is 2. The summed E-state index contributed by atoms with van der Waals surface area (Å²) in [6.07, 6.45) is 3.05. The number of likely N-dealkylation sites (tertiary alicyclic amines) is 1. The van der Waals surface area contributed by atoms with E-state index < -0.39 is 0 Å². The Labute approximate surface area is 120 Å². The number of carbonyl (C=O) groups is 1. The molecule has 0 spiro atoms. The van der Waals surface area contributed by atoms with E-state index in [4.69, 9.17) is 4.52 Å². The van der Waals surface area contributed by atoms with Crippen LogP contribution in [0.5, 0.6) is 0 Å². The molecule has 1 saturated carbocycles. The van der Waals surface area contributed by atoms with Crippen molar-refractivity contribution in [2.75, 3.05) is 13.1 Å². The molecule has 2 aliphatic rings. The van der Waals surface area contributed by atoms with Gasteiger partial charge in [-0.25, -0.2) is 0 Å². The second kappa shape index (κ2) is 4.70. The van der Waals surface area contributed by atoms with Crippen molar-refractivity contribution in [2.24, 2.45) is 5.92 Å². The summed E-state index contributed by atoms with van der Waals surface area (Å²) in [5.74, 6) is 2.15. The molecule has 1 unspecified atom stereocenters. The lowest BCUT2D eigenvalue weighted by Crippen LogP contribution is -2.29. The van der Waals surface area contributed by atoms with Crippen molar-refractivity contribution in [3.63, 3.8) is 0 Å². The van der Waals surface area contributed by atoms with Gasteiger partial charge in [-0.3, -0.25) is 4.79 Å². The number of hydrogen-bond donors (Lipinski definition) is 0. The van der Waals surface area contributed by atoms with Gasteiger partial charge in [0.05, 0.1) is 4.88 Å². The lowest BCUT2D eigenvalue weighted by atomic mass is 10.1. The molecule has 3 heterocycles. The Kier molecular flexibility index (Phi) is 2.84. The number of nitrogens with zero attached hydrogens (tertiary/aromatic N) is 3. The fourth-order valence-electron chi connectivity index (χ4n) is 2.66. The zero-order valence-electron chi connectivity index (χ0n) is 11.0. The first kappa shape index (κ1) is 12.1. The minimum absolute atomic E-state index is 0.218. The van der Waals surface area contributed by atoms with E-state index in [1.54, 1.807) is 11.3 Å². The normalized spacial score (nSPS) is 22.4. The molecule has 2 fully saturated rings. The predicted octanol–water partition coefficient (Wildman–Crippen LogP) is 2.52. The van der Waals surface area contributed by atoms with E-state index in [2.05, 4.69) is 10.1 Å². The molecule has 1 amide bonds. The maximum atomic E-state index is 12.0. The van der Waals surface area contributed by atoms with Gasteiger partial charge in [0.2, 0.25) is 5.91 Å². The average Bonchev–Trinajstić information content (AvgIpc) is 2.94. The van der Waals surface area contributed by atoms with Gasteiger partial charge in [0, 0.05) is 24.9 Å². The van der Waals surface area contributed by atoms with Crippen LogP contribution in [0.1, 0.15) is 31.0 Å². The SMILES string of the molecule is O=C(C1CC1)N1CCC(c2noc(-c3cccs3)n2)C1. The Morgan fingerprint density at radius 3 is 3.05 bits per heavy atom. The van der Waals surface area contributed by atoms with Crippen LogP contribution >= 0.6 is 11.3 Å². The zero-order valence-corrected chi connectivity index (χ0v) is 11.8. The van der Waals surface area contributed by atoms with Crippen LogP contribution in [-0.2, 0) is 4.79 Å². The van der Waals surface area contributed by atoms with Crippen molar-refractivity contribution in [3.05, 3.63) is 23.3 Å². The third-order valence-corrected chi connectivity index (χ3v) is 4.82. The summed E-state index contributed by atoms with van der Waals surface area (Å²) in [4.78, 5) is 19.5. The highest BCUT2D eigenvalue weighted by molar-refractivity contribution is 7.13. The number of thiophene rings is 1. The van der Waals surface area contributed by atoms with Gasteiger partial charge in [-0.1, -0.05) is 11.2 Å². The summed E-state index contributed by atoms with van der Waals surface area (Å²) in [5, 5.41) is 6.08. The van der Waals surface area contributed by atoms with Crippen molar-refractivity contribution in [1.29, 1.82) is 0 Å². The van der Waals surface area contributed by atoms with E-state index >= 15 is 0 Å². The molecule has 20 heavy (non-hydrogen) atoms. The molecule has 0 aromatic carbocycles. The Balaban J connectivity index is 1.47. The van der Waals surface area contributed by atoms with Crippen molar-refractivity contribution < 1.29 is 9.32 Å². The first-order valence-electron chi connectivity index (χ1n) is 6.97. The zero-order chi connectivity index (χ0) is 13.5. The lowest BCUT2D eigenvalue weighted by Gasteiger charge is -2.14. The van der Waals surface area contributed by atoms with Crippen LogP contribution in [0.4, 0.5) is 0 Å². The van der Waals surface area contributed by atoms with Crippen molar-refractivity contribution in [2.45, 2.75) is 25.2 Å². The largest absolute Gasteiger partial charge is 0.342 e. The fourth-order valence-corrected chi connectivity index (χ4v) is 3.31. The van der Waals surface area contributed by atoms with Gasteiger partial charge < -0.3 is 9.42 Å². The van der Waals surface area contributed by atoms with Gasteiger partial charge in [0.25, 0.3) is 5.89 Å². The van der Waals surface area contributed by atoms with Gasteiger partial charge in [-0.05, 0) is 30.7 Å². The second-order valence-electron chi connectivity index (χ2n) is 5.48. The van der Waals surface area contributed by atoms with Gasteiger partial charge in [0.15, 0.2) is 5.82 Å². The highest BCUT2D eigenvalue weighted by atomic mass is 32.1. The first-order chi connectivity index (χ1) is 9.81. The van der Waals surface area contributed by atoms with Crippen LogP contribution in [-0.4, -0.2) is 34.0 Å². The molecular formula is C14H15N3O2S. The Hall–Kier alpha value is -1.69. The molecule has 4 rings (SSSR count). The van der Waals surface area contributed by atoms with Crippen LogP contribution in [0.3, 0.4) is 0 Å². The minimum Gasteiger partial charge on any atom is -0.342 e. The molecule has 1 aliphatic heterocycles. The molecule has 104 valence electrons. The predicted molar refractivity (Wildman–Crippen MR) is 74.3 cm³/mol. The molecular weight excluding hydrogens is 274 g/mol. The maximum absolute atomic E-state index is 12.0. The molecule has 1 saturated heterocycles. The van der Waals surface area contributed by atoms with Crippen LogP contribution in [0.2, 0.25) is 0 Å². The molecule has 0 bridgehead atoms. The van der Waals surface area contributed by atoms with Gasteiger partial charge in [0.1, 0.15) is 0 Å². The lowest BCUT2D eigenvalue weighted by molar-refractivity contribution is -0.131. The number of rotatable bonds is 3. The number of amides is 1. The van der Waals surface area contributed by atoms with Crippen LogP contribution in [0, 0.1) is 5.92 Å². The van der Waals surface area contributed by atoms with Crippen molar-refractivity contribution in [3.8, 4) is 10.8 Å². The molecule has 1 atom stereocenters.